The fourth-order valence-corrected chi connectivity index (χ4v) is 2.93. The van der Waals surface area contributed by atoms with Crippen LogP contribution >= 0.6 is 0 Å². The fourth-order valence-electron chi connectivity index (χ4n) is 2.93. The van der Waals surface area contributed by atoms with Crippen LogP contribution in [0, 0.1) is 13.8 Å². The molecular formula is C15H18N4O2. The van der Waals surface area contributed by atoms with Crippen LogP contribution in [-0.2, 0) is 4.79 Å². The third-order valence-electron chi connectivity index (χ3n) is 3.93. The van der Waals surface area contributed by atoms with E-state index in [1.165, 1.54) is 0 Å². The summed E-state index contributed by atoms with van der Waals surface area (Å²) in [4.78, 5) is 22.6. The molecule has 0 aliphatic carbocycles. The maximum Gasteiger partial charge on any atom is 0.220 e. The first-order chi connectivity index (χ1) is 10.1. The number of likely N-dealkylation sites (tertiary alicyclic amines) is 1. The van der Waals surface area contributed by atoms with Crippen LogP contribution in [0.1, 0.15) is 43.0 Å². The van der Waals surface area contributed by atoms with Crippen LogP contribution < -0.4 is 0 Å². The molecule has 1 aliphatic rings. The summed E-state index contributed by atoms with van der Waals surface area (Å²) in [6.45, 7) is 6.13. The lowest BCUT2D eigenvalue weighted by Crippen LogP contribution is -2.28. The maximum atomic E-state index is 11.7. The molecule has 2 aromatic rings. The van der Waals surface area contributed by atoms with Gasteiger partial charge in [-0.25, -0.2) is 9.97 Å². The first-order valence-corrected chi connectivity index (χ1v) is 7.11. The molecule has 0 bridgehead atoms. The summed E-state index contributed by atoms with van der Waals surface area (Å²) in [6, 6.07) is 1.93. The van der Waals surface area contributed by atoms with Gasteiger partial charge in [0.15, 0.2) is 5.82 Å². The predicted molar refractivity (Wildman–Crippen MR) is 76.4 cm³/mol. The van der Waals surface area contributed by atoms with Crippen molar-refractivity contribution >= 4 is 5.91 Å². The second kappa shape index (κ2) is 5.27. The van der Waals surface area contributed by atoms with Crippen molar-refractivity contribution in [3.8, 4) is 11.4 Å². The zero-order chi connectivity index (χ0) is 15.0. The molecule has 2 aromatic heterocycles. The van der Waals surface area contributed by atoms with Crippen molar-refractivity contribution in [3.05, 3.63) is 29.4 Å². The van der Waals surface area contributed by atoms with Crippen molar-refractivity contribution < 1.29 is 9.32 Å². The molecule has 1 fully saturated rings. The van der Waals surface area contributed by atoms with Gasteiger partial charge in [-0.2, -0.15) is 0 Å². The SMILES string of the molecule is CC(=O)N1CCC[C@@H]1c1ccnc(-c2c(C)noc2C)n1. The van der Waals surface area contributed by atoms with E-state index in [0.29, 0.717) is 11.6 Å². The maximum absolute atomic E-state index is 11.7. The van der Waals surface area contributed by atoms with Gasteiger partial charge in [-0.15, -0.1) is 0 Å². The van der Waals surface area contributed by atoms with Gasteiger partial charge in [0.25, 0.3) is 0 Å². The monoisotopic (exact) mass is 286 g/mol. The standard InChI is InChI=1S/C15H18N4O2/c1-9-14(10(2)21-18-9)15-16-7-6-12(17-15)13-5-4-8-19(13)11(3)20/h6-7,13H,4-5,8H2,1-3H3/t13-/m1/s1. The Morgan fingerprint density at radius 3 is 2.90 bits per heavy atom. The second-order valence-electron chi connectivity index (χ2n) is 5.37. The molecule has 1 saturated heterocycles. The molecule has 3 rings (SSSR count). The Morgan fingerprint density at radius 2 is 2.24 bits per heavy atom. The molecule has 0 radical (unpaired) electrons. The molecule has 3 heterocycles. The van der Waals surface area contributed by atoms with E-state index in [0.717, 1.165) is 36.3 Å². The Balaban J connectivity index is 1.99. The fraction of sp³-hybridized carbons (Fsp3) is 0.467. The largest absolute Gasteiger partial charge is 0.361 e. The number of amides is 1. The first-order valence-electron chi connectivity index (χ1n) is 7.11. The highest BCUT2D eigenvalue weighted by Gasteiger charge is 2.29. The van der Waals surface area contributed by atoms with Crippen LogP contribution in [0.3, 0.4) is 0 Å². The highest BCUT2D eigenvalue weighted by atomic mass is 16.5. The number of carbonyl (C=O) groups excluding carboxylic acids is 1. The van der Waals surface area contributed by atoms with E-state index < -0.39 is 0 Å². The van der Waals surface area contributed by atoms with Gasteiger partial charge in [-0.3, -0.25) is 4.79 Å². The first kappa shape index (κ1) is 13.7. The van der Waals surface area contributed by atoms with Crippen LogP contribution in [0.5, 0.6) is 0 Å². The van der Waals surface area contributed by atoms with Crippen LogP contribution in [-0.4, -0.2) is 32.5 Å². The molecule has 0 saturated carbocycles. The van der Waals surface area contributed by atoms with Crippen LogP contribution in [0.2, 0.25) is 0 Å². The number of carbonyl (C=O) groups is 1. The minimum Gasteiger partial charge on any atom is -0.361 e. The molecule has 1 aliphatic heterocycles. The molecule has 0 unspecified atom stereocenters. The van der Waals surface area contributed by atoms with Gasteiger partial charge in [0.2, 0.25) is 5.91 Å². The van der Waals surface area contributed by atoms with Gasteiger partial charge in [0.1, 0.15) is 5.76 Å². The van der Waals surface area contributed by atoms with Gasteiger partial charge in [-0.05, 0) is 32.8 Å². The van der Waals surface area contributed by atoms with Gasteiger partial charge >= 0.3 is 0 Å². The summed E-state index contributed by atoms with van der Waals surface area (Å²) in [7, 11) is 0. The minimum atomic E-state index is 0.0460. The Morgan fingerprint density at radius 1 is 1.43 bits per heavy atom. The average Bonchev–Trinajstić information content (AvgIpc) is 3.06. The molecule has 1 atom stereocenters. The third kappa shape index (κ3) is 2.41. The lowest BCUT2D eigenvalue weighted by Gasteiger charge is -2.22. The second-order valence-corrected chi connectivity index (χ2v) is 5.37. The van der Waals surface area contributed by atoms with E-state index in [1.54, 1.807) is 13.1 Å². The number of aryl methyl sites for hydroxylation is 2. The van der Waals surface area contributed by atoms with Crippen LogP contribution in [0.15, 0.2) is 16.8 Å². The van der Waals surface area contributed by atoms with Crippen LogP contribution in [0.4, 0.5) is 0 Å². The molecule has 6 heteroatoms. The van der Waals surface area contributed by atoms with Crippen molar-refractivity contribution in [1.29, 1.82) is 0 Å². The van der Waals surface area contributed by atoms with Crippen molar-refractivity contribution in [2.75, 3.05) is 6.54 Å². The summed E-state index contributed by atoms with van der Waals surface area (Å²) < 4.78 is 5.18. The molecule has 6 nitrogen and oxygen atoms in total. The molecule has 1 amide bonds. The van der Waals surface area contributed by atoms with Crippen molar-refractivity contribution in [1.82, 2.24) is 20.0 Å². The predicted octanol–water partition coefficient (Wildman–Crippen LogP) is 2.43. The number of nitrogens with zero attached hydrogens (tertiary/aromatic N) is 4. The Labute approximate surface area is 123 Å². The zero-order valence-corrected chi connectivity index (χ0v) is 12.5. The Bertz CT molecular complexity index is 661. The van der Waals surface area contributed by atoms with E-state index in [4.69, 9.17) is 4.52 Å². The van der Waals surface area contributed by atoms with Crippen molar-refractivity contribution in [2.24, 2.45) is 0 Å². The summed E-state index contributed by atoms with van der Waals surface area (Å²) in [5.74, 6) is 1.41. The zero-order valence-electron chi connectivity index (χ0n) is 12.5. The third-order valence-corrected chi connectivity index (χ3v) is 3.93. The van der Waals surface area contributed by atoms with Gasteiger partial charge in [0, 0.05) is 19.7 Å². The summed E-state index contributed by atoms with van der Waals surface area (Å²) in [6.07, 6.45) is 3.69. The molecule has 21 heavy (non-hydrogen) atoms. The Kier molecular flexibility index (Phi) is 3.45. The quantitative estimate of drug-likeness (QED) is 0.847. The molecule has 0 spiro atoms. The molecule has 0 aromatic carbocycles. The highest BCUT2D eigenvalue weighted by Crippen LogP contribution is 2.32. The number of aromatic nitrogens is 3. The average molecular weight is 286 g/mol. The van der Waals surface area contributed by atoms with Gasteiger partial charge in [0.05, 0.1) is 23.0 Å². The van der Waals surface area contributed by atoms with Crippen molar-refractivity contribution in [3.63, 3.8) is 0 Å². The highest BCUT2D eigenvalue weighted by molar-refractivity contribution is 5.74. The number of hydrogen-bond donors (Lipinski definition) is 0. The Hall–Kier alpha value is -2.24. The van der Waals surface area contributed by atoms with E-state index in [9.17, 15) is 4.79 Å². The summed E-state index contributed by atoms with van der Waals surface area (Å²) in [5, 5.41) is 3.94. The number of rotatable bonds is 2. The number of hydrogen-bond acceptors (Lipinski definition) is 5. The van der Waals surface area contributed by atoms with Crippen LogP contribution in [0.25, 0.3) is 11.4 Å². The summed E-state index contributed by atoms with van der Waals surface area (Å²) in [5.41, 5.74) is 2.50. The molecule has 110 valence electrons. The van der Waals surface area contributed by atoms with Gasteiger partial charge in [-0.1, -0.05) is 5.16 Å². The molecule has 0 N–H and O–H groups in total. The smallest absolute Gasteiger partial charge is 0.220 e. The normalized spacial score (nSPS) is 18.2. The van der Waals surface area contributed by atoms with E-state index in [1.807, 2.05) is 24.8 Å². The van der Waals surface area contributed by atoms with Gasteiger partial charge < -0.3 is 9.42 Å². The topological polar surface area (TPSA) is 72.1 Å². The van der Waals surface area contributed by atoms with Crippen molar-refractivity contribution in [2.45, 2.75) is 39.7 Å². The van der Waals surface area contributed by atoms with E-state index in [2.05, 4.69) is 15.1 Å². The van der Waals surface area contributed by atoms with E-state index in [-0.39, 0.29) is 11.9 Å². The lowest BCUT2D eigenvalue weighted by atomic mass is 10.1. The lowest BCUT2D eigenvalue weighted by molar-refractivity contribution is -0.129. The minimum absolute atomic E-state index is 0.0460. The van der Waals surface area contributed by atoms with E-state index >= 15 is 0 Å². The summed E-state index contributed by atoms with van der Waals surface area (Å²) >= 11 is 0. The molecular weight excluding hydrogens is 268 g/mol.